The molecule has 1 aromatic rings. The number of aliphatic hydroxyl groups excluding tert-OH is 1. The van der Waals surface area contributed by atoms with Crippen LogP contribution in [0.3, 0.4) is 0 Å². The van der Waals surface area contributed by atoms with E-state index in [1.165, 1.54) is 11.6 Å². The van der Waals surface area contributed by atoms with E-state index in [-0.39, 0.29) is 24.1 Å². The lowest BCUT2D eigenvalue weighted by Gasteiger charge is -2.56. The van der Waals surface area contributed by atoms with Crippen molar-refractivity contribution in [1.82, 2.24) is 25.5 Å². The van der Waals surface area contributed by atoms with Crippen molar-refractivity contribution >= 4 is 48.0 Å². The smallest absolute Gasteiger partial charge is 0.392 e. The Labute approximate surface area is 174 Å². The largest absolute Gasteiger partial charge is 0.626 e. The number of amides is 1. The number of hydroxylamine groups is 3. The Morgan fingerprint density at radius 3 is 2.89 bits per heavy atom. The average molecular weight is 449 g/mol. The van der Waals surface area contributed by atoms with Gasteiger partial charge in [-0.05, 0) is 29.1 Å². The number of rotatable bonds is 8. The number of carboxylic acid groups (broad SMARTS) is 1. The van der Waals surface area contributed by atoms with Gasteiger partial charge >= 0.3 is 5.97 Å². The second kappa shape index (κ2) is 8.20. The number of carbonyl (C=O) groups excluding carboxylic acids is 1. The fraction of sp³-hybridized carbons (Fsp3) is 0.643. The molecule has 1 aromatic heterocycles. The number of hydrogen-bond donors (Lipinski definition) is 4. The Balaban J connectivity index is 1.75. The number of carboxylic acids is 1. The van der Waals surface area contributed by atoms with Crippen LogP contribution < -0.4 is 5.32 Å². The molecular weight excluding hydrogens is 428 g/mol. The number of quaternary nitrogens is 1. The molecule has 2 unspecified atom stereocenters. The van der Waals surface area contributed by atoms with Gasteiger partial charge in [-0.1, -0.05) is 11.8 Å². The molecule has 2 aliphatic rings. The highest BCUT2D eigenvalue weighted by Crippen LogP contribution is 2.60. The van der Waals surface area contributed by atoms with Crippen LogP contribution in [0.25, 0.3) is 0 Å². The standard InChI is InChI=1S/C14H20N6O5S3/c1-6(21)8-5-20(25)9(12(23)24)14(27-11(8)20)28-13(26)10-16-17-18-19(10)4-3-15-7(2)22/h6,8,11,13,21,26H,3-5H2,1-2H3,(H,15,22)(H,23,24)/t6-,8+,11-,13?,20?/m1/s1. The first-order valence-electron chi connectivity index (χ1n) is 8.42. The van der Waals surface area contributed by atoms with E-state index >= 15 is 0 Å². The highest BCUT2D eigenvalue weighted by molar-refractivity contribution is 8.25. The predicted molar refractivity (Wildman–Crippen MR) is 106 cm³/mol. The van der Waals surface area contributed by atoms with Crippen molar-refractivity contribution < 1.29 is 24.4 Å². The summed E-state index contributed by atoms with van der Waals surface area (Å²) in [5.41, 5.74) is -0.228. The lowest BCUT2D eigenvalue weighted by Crippen LogP contribution is -2.66. The van der Waals surface area contributed by atoms with Crippen molar-refractivity contribution in [2.75, 3.05) is 13.1 Å². The van der Waals surface area contributed by atoms with Crippen molar-refractivity contribution in [2.24, 2.45) is 5.92 Å². The van der Waals surface area contributed by atoms with Crippen LogP contribution in [0.5, 0.6) is 0 Å². The number of nitrogens with zero attached hydrogens (tertiary/aromatic N) is 5. The molecule has 0 spiro atoms. The Hall–Kier alpha value is -1.32. The van der Waals surface area contributed by atoms with Gasteiger partial charge in [0.15, 0.2) is 11.2 Å². The van der Waals surface area contributed by atoms with Crippen LogP contribution in [-0.2, 0) is 16.1 Å². The molecule has 0 bridgehead atoms. The first-order valence-corrected chi connectivity index (χ1v) is 10.7. The molecule has 5 atom stereocenters. The minimum Gasteiger partial charge on any atom is -0.626 e. The zero-order valence-corrected chi connectivity index (χ0v) is 17.6. The molecule has 2 aliphatic heterocycles. The normalized spacial score (nSPS) is 28.5. The third-order valence-corrected chi connectivity index (χ3v) is 7.88. The topological polar surface area (TPSA) is 153 Å². The molecule has 0 aliphatic carbocycles. The summed E-state index contributed by atoms with van der Waals surface area (Å²) in [6.07, 6.45) is -0.690. The second-order valence-corrected chi connectivity index (χ2v) is 9.91. The van der Waals surface area contributed by atoms with Crippen molar-refractivity contribution in [1.29, 1.82) is 0 Å². The zero-order valence-electron chi connectivity index (χ0n) is 15.0. The van der Waals surface area contributed by atoms with Gasteiger partial charge in [-0.3, -0.25) is 4.79 Å². The minimum absolute atomic E-state index is 0.0344. The Bertz CT molecular complexity index is 817. The van der Waals surface area contributed by atoms with E-state index in [0.717, 1.165) is 23.5 Å². The molecule has 3 rings (SSSR count). The molecule has 0 saturated carbocycles. The number of hydrogen-bond acceptors (Lipinski definition) is 10. The maximum Gasteiger partial charge on any atom is 0.392 e. The van der Waals surface area contributed by atoms with Crippen molar-refractivity contribution in [2.45, 2.75) is 36.5 Å². The van der Waals surface area contributed by atoms with Crippen LogP contribution in [0.15, 0.2) is 9.93 Å². The quantitative estimate of drug-likeness (QED) is 0.187. The van der Waals surface area contributed by atoms with Gasteiger partial charge in [-0.15, -0.1) is 5.10 Å². The van der Waals surface area contributed by atoms with Crippen LogP contribution in [-0.4, -0.2) is 71.5 Å². The molecule has 0 radical (unpaired) electrons. The van der Waals surface area contributed by atoms with Gasteiger partial charge in [0.25, 0.3) is 0 Å². The minimum atomic E-state index is -1.28. The first-order chi connectivity index (χ1) is 13.1. The van der Waals surface area contributed by atoms with Crippen LogP contribution in [0, 0.1) is 11.1 Å². The summed E-state index contributed by atoms with van der Waals surface area (Å²) in [6, 6.07) is 0. The third kappa shape index (κ3) is 3.89. The van der Waals surface area contributed by atoms with E-state index in [9.17, 15) is 25.0 Å². The fourth-order valence-corrected chi connectivity index (χ4v) is 6.93. The average Bonchev–Trinajstić information content (AvgIpc) is 3.12. The van der Waals surface area contributed by atoms with E-state index in [0.29, 0.717) is 23.2 Å². The van der Waals surface area contributed by atoms with E-state index in [1.807, 2.05) is 0 Å². The SMILES string of the molecule is CC(=O)NCCn1nnnc1C(S)SC1=C(C(=O)O)[N+]2([O-])C[C@@H]([C@@H](C)O)[C@H]2S1. The van der Waals surface area contributed by atoms with Crippen LogP contribution in [0.2, 0.25) is 0 Å². The number of tetrazole rings is 1. The van der Waals surface area contributed by atoms with Crippen LogP contribution in [0.1, 0.15) is 24.3 Å². The van der Waals surface area contributed by atoms with E-state index < -0.39 is 26.7 Å². The monoisotopic (exact) mass is 448 g/mol. The lowest BCUT2D eigenvalue weighted by molar-refractivity contribution is -0.902. The molecule has 28 heavy (non-hydrogen) atoms. The molecule has 0 aromatic carbocycles. The van der Waals surface area contributed by atoms with Gasteiger partial charge in [0.05, 0.1) is 25.1 Å². The highest BCUT2D eigenvalue weighted by Gasteiger charge is 2.61. The van der Waals surface area contributed by atoms with Crippen molar-refractivity contribution in [3.63, 3.8) is 0 Å². The summed E-state index contributed by atoms with van der Waals surface area (Å²) >= 11 is 6.74. The summed E-state index contributed by atoms with van der Waals surface area (Å²) in [5, 5.41) is 45.9. The van der Waals surface area contributed by atoms with Crippen molar-refractivity contribution in [3.05, 3.63) is 21.0 Å². The molecule has 1 amide bonds. The summed E-state index contributed by atoms with van der Waals surface area (Å²) in [7, 11) is 0. The highest BCUT2D eigenvalue weighted by atomic mass is 32.2. The van der Waals surface area contributed by atoms with E-state index in [4.69, 9.17) is 0 Å². The van der Waals surface area contributed by atoms with Gasteiger partial charge in [0.1, 0.15) is 8.82 Å². The number of thioether (sulfide) groups is 2. The number of aromatic nitrogens is 4. The zero-order chi connectivity index (χ0) is 20.6. The Kier molecular flexibility index (Phi) is 6.26. The number of nitrogens with one attached hydrogen (secondary N) is 1. The van der Waals surface area contributed by atoms with Crippen molar-refractivity contribution in [3.8, 4) is 0 Å². The third-order valence-electron chi connectivity index (χ3n) is 4.58. The molecular formula is C14H20N6O5S3. The summed E-state index contributed by atoms with van der Waals surface area (Å²) in [5.74, 6) is -1.33. The second-order valence-electron chi connectivity index (χ2n) is 6.55. The number of aliphatic carboxylic acids is 1. The fourth-order valence-electron chi connectivity index (χ4n) is 3.15. The maximum absolute atomic E-state index is 13.0. The summed E-state index contributed by atoms with van der Waals surface area (Å²) < 4.78 is 0.258. The van der Waals surface area contributed by atoms with Gasteiger partial charge in [0.2, 0.25) is 11.6 Å². The lowest BCUT2D eigenvalue weighted by atomic mass is 9.93. The van der Waals surface area contributed by atoms with Gasteiger partial charge in [-0.25, -0.2) is 9.48 Å². The Morgan fingerprint density at radius 2 is 2.29 bits per heavy atom. The van der Waals surface area contributed by atoms with Gasteiger partial charge < -0.3 is 25.4 Å². The molecule has 1 fully saturated rings. The van der Waals surface area contributed by atoms with Gasteiger partial charge in [-0.2, -0.15) is 12.6 Å². The van der Waals surface area contributed by atoms with Crippen LogP contribution >= 0.6 is 36.2 Å². The van der Waals surface area contributed by atoms with Gasteiger partial charge in [0, 0.05) is 13.5 Å². The molecule has 154 valence electrons. The Morgan fingerprint density at radius 1 is 1.57 bits per heavy atom. The number of thiol groups is 1. The number of fused-ring (bicyclic) bond motifs is 1. The number of carbonyl (C=O) groups is 2. The maximum atomic E-state index is 13.0. The molecule has 1 saturated heterocycles. The summed E-state index contributed by atoms with van der Waals surface area (Å²) in [4.78, 5) is 22.7. The van der Waals surface area contributed by atoms with E-state index in [1.54, 1.807) is 6.92 Å². The molecule has 3 heterocycles. The first kappa shape index (κ1) is 21.4. The summed E-state index contributed by atoms with van der Waals surface area (Å²) in [6.45, 7) is 3.69. The molecule has 14 heteroatoms. The van der Waals surface area contributed by atoms with E-state index in [2.05, 4.69) is 33.5 Å². The predicted octanol–water partition coefficient (Wildman–Crippen LogP) is 0.123. The van der Waals surface area contributed by atoms with Crippen LogP contribution in [0.4, 0.5) is 0 Å². The molecule has 11 nitrogen and oxygen atoms in total. The number of aliphatic hydroxyl groups is 1. The molecule has 3 N–H and O–H groups in total.